The Kier molecular flexibility index (Phi) is 4.99. The molecule has 0 spiro atoms. The molecule has 0 radical (unpaired) electrons. The van der Waals surface area contributed by atoms with Crippen LogP contribution < -0.4 is 10.6 Å². The molecule has 0 fully saturated rings. The van der Waals surface area contributed by atoms with Gasteiger partial charge in [0.05, 0.1) is 6.54 Å². The second kappa shape index (κ2) is 6.27. The minimum Gasteiger partial charge on any atom is -0.480 e. The fourth-order valence-corrected chi connectivity index (χ4v) is 1.80. The molecule has 0 unspecified atom stereocenters. The Morgan fingerprint density at radius 1 is 1.47 bits per heavy atom. The first-order valence-electron chi connectivity index (χ1n) is 4.94. The number of amides is 1. The fraction of sp³-hybridized carbons (Fsp3) is 0.273. The molecule has 0 aromatic heterocycles. The van der Waals surface area contributed by atoms with Crippen LogP contribution in [0.25, 0.3) is 0 Å². The Morgan fingerprint density at radius 2 is 2.18 bits per heavy atom. The van der Waals surface area contributed by atoms with Crippen LogP contribution >= 0.6 is 11.8 Å². The van der Waals surface area contributed by atoms with Crippen LogP contribution in [-0.2, 0) is 9.59 Å². The number of benzene rings is 1. The Hall–Kier alpha value is -1.53. The lowest BCUT2D eigenvalue weighted by Crippen LogP contribution is -2.39. The molecule has 6 heteroatoms. The van der Waals surface area contributed by atoms with Gasteiger partial charge in [-0.1, -0.05) is 6.07 Å². The molecule has 0 aliphatic heterocycles. The van der Waals surface area contributed by atoms with Crippen LogP contribution in [0.3, 0.4) is 0 Å². The number of rotatable bonds is 5. The zero-order chi connectivity index (χ0) is 12.8. The van der Waals surface area contributed by atoms with Crippen LogP contribution in [0, 0.1) is 0 Å². The van der Waals surface area contributed by atoms with Crippen LogP contribution in [0.1, 0.15) is 0 Å². The van der Waals surface area contributed by atoms with Gasteiger partial charge in [0.1, 0.15) is 6.54 Å². The summed E-state index contributed by atoms with van der Waals surface area (Å²) in [5, 5.41) is 8.78. The van der Waals surface area contributed by atoms with E-state index in [2.05, 4.69) is 0 Å². The van der Waals surface area contributed by atoms with Crippen LogP contribution in [0.15, 0.2) is 29.2 Å². The molecule has 92 valence electrons. The fourth-order valence-electron chi connectivity index (χ4n) is 1.35. The summed E-state index contributed by atoms with van der Waals surface area (Å²) in [4.78, 5) is 24.4. The van der Waals surface area contributed by atoms with E-state index in [1.807, 2.05) is 12.3 Å². The van der Waals surface area contributed by atoms with E-state index in [0.717, 1.165) is 4.90 Å². The van der Waals surface area contributed by atoms with Crippen molar-refractivity contribution in [1.82, 2.24) is 0 Å². The first kappa shape index (κ1) is 13.5. The van der Waals surface area contributed by atoms with Gasteiger partial charge in [-0.25, -0.2) is 0 Å². The lowest BCUT2D eigenvalue weighted by molar-refractivity contribution is -0.136. The van der Waals surface area contributed by atoms with E-state index < -0.39 is 11.9 Å². The molecule has 1 amide bonds. The number of hydrogen-bond donors (Lipinski definition) is 2. The zero-order valence-corrected chi connectivity index (χ0v) is 10.2. The van der Waals surface area contributed by atoms with E-state index in [9.17, 15) is 9.59 Å². The topological polar surface area (TPSA) is 83.6 Å². The third-order valence-electron chi connectivity index (χ3n) is 2.13. The van der Waals surface area contributed by atoms with E-state index in [1.54, 1.807) is 18.2 Å². The Morgan fingerprint density at radius 3 is 2.71 bits per heavy atom. The predicted octanol–water partition coefficient (Wildman–Crippen LogP) is 0.785. The zero-order valence-electron chi connectivity index (χ0n) is 9.42. The van der Waals surface area contributed by atoms with Gasteiger partial charge >= 0.3 is 5.97 Å². The monoisotopic (exact) mass is 254 g/mol. The number of anilines is 1. The number of hydrogen-bond acceptors (Lipinski definition) is 4. The van der Waals surface area contributed by atoms with Crippen LogP contribution in [0.2, 0.25) is 0 Å². The van der Waals surface area contributed by atoms with Gasteiger partial charge in [-0.3, -0.25) is 9.59 Å². The summed E-state index contributed by atoms with van der Waals surface area (Å²) in [7, 11) is 0. The van der Waals surface area contributed by atoms with Crippen molar-refractivity contribution < 1.29 is 14.7 Å². The number of carbonyl (C=O) groups excluding carboxylic acids is 1. The Bertz CT molecular complexity index is 423. The largest absolute Gasteiger partial charge is 0.480 e. The summed E-state index contributed by atoms with van der Waals surface area (Å²) < 4.78 is 0. The van der Waals surface area contributed by atoms with Gasteiger partial charge in [-0.15, -0.1) is 11.8 Å². The molecule has 1 aromatic carbocycles. The molecule has 0 heterocycles. The average Bonchev–Trinajstić information content (AvgIpc) is 2.35. The number of carbonyl (C=O) groups is 2. The van der Waals surface area contributed by atoms with E-state index in [0.29, 0.717) is 5.69 Å². The van der Waals surface area contributed by atoms with E-state index in [1.165, 1.54) is 16.7 Å². The molecular weight excluding hydrogens is 240 g/mol. The predicted molar refractivity (Wildman–Crippen MR) is 67.3 cm³/mol. The maximum absolute atomic E-state index is 11.6. The quantitative estimate of drug-likeness (QED) is 0.759. The third kappa shape index (κ3) is 3.76. The highest BCUT2D eigenvalue weighted by Crippen LogP contribution is 2.22. The van der Waals surface area contributed by atoms with Crippen molar-refractivity contribution in [1.29, 1.82) is 0 Å². The van der Waals surface area contributed by atoms with Gasteiger partial charge in [0, 0.05) is 10.6 Å². The summed E-state index contributed by atoms with van der Waals surface area (Å²) in [5.41, 5.74) is 5.82. The maximum Gasteiger partial charge on any atom is 0.323 e. The molecule has 1 aromatic rings. The lowest BCUT2D eigenvalue weighted by Gasteiger charge is -2.20. The molecule has 0 atom stereocenters. The van der Waals surface area contributed by atoms with Crippen molar-refractivity contribution in [2.24, 2.45) is 5.73 Å². The van der Waals surface area contributed by atoms with Crippen molar-refractivity contribution in [3.05, 3.63) is 24.3 Å². The number of carboxylic acid groups (broad SMARTS) is 1. The number of thioether (sulfide) groups is 1. The van der Waals surface area contributed by atoms with E-state index in [-0.39, 0.29) is 13.1 Å². The minimum absolute atomic E-state index is 0.212. The number of nitrogens with zero attached hydrogens (tertiary/aromatic N) is 1. The second-order valence-corrected chi connectivity index (χ2v) is 4.16. The van der Waals surface area contributed by atoms with Crippen molar-refractivity contribution in [2.45, 2.75) is 4.90 Å². The summed E-state index contributed by atoms with van der Waals surface area (Å²) in [6.45, 7) is -0.593. The smallest absolute Gasteiger partial charge is 0.323 e. The summed E-state index contributed by atoms with van der Waals surface area (Å²) >= 11 is 1.52. The van der Waals surface area contributed by atoms with Crippen molar-refractivity contribution >= 4 is 29.3 Å². The van der Waals surface area contributed by atoms with Crippen molar-refractivity contribution in [3.8, 4) is 0 Å². The molecule has 0 saturated heterocycles. The average molecular weight is 254 g/mol. The molecule has 1 rings (SSSR count). The SMILES string of the molecule is CSc1cccc(N(CC(=O)O)C(=O)CN)c1. The Labute approximate surface area is 104 Å². The molecule has 0 bridgehead atoms. The van der Waals surface area contributed by atoms with Crippen molar-refractivity contribution in [3.63, 3.8) is 0 Å². The number of aliphatic carboxylic acids is 1. The normalized spacial score (nSPS) is 10.0. The minimum atomic E-state index is -1.07. The molecule has 5 nitrogen and oxygen atoms in total. The molecular formula is C11H14N2O3S. The number of nitrogens with two attached hydrogens (primary N) is 1. The highest BCUT2D eigenvalue weighted by Gasteiger charge is 2.17. The Balaban J connectivity index is 3.02. The van der Waals surface area contributed by atoms with Crippen LogP contribution in [0.5, 0.6) is 0 Å². The van der Waals surface area contributed by atoms with Gasteiger partial charge in [0.25, 0.3) is 0 Å². The number of carboxylic acids is 1. The van der Waals surface area contributed by atoms with Crippen molar-refractivity contribution in [2.75, 3.05) is 24.2 Å². The maximum atomic E-state index is 11.6. The van der Waals surface area contributed by atoms with Gasteiger partial charge in [-0.05, 0) is 24.5 Å². The van der Waals surface area contributed by atoms with Gasteiger partial charge in [-0.2, -0.15) is 0 Å². The second-order valence-electron chi connectivity index (χ2n) is 3.28. The van der Waals surface area contributed by atoms with E-state index in [4.69, 9.17) is 10.8 Å². The van der Waals surface area contributed by atoms with Crippen LogP contribution in [-0.4, -0.2) is 36.3 Å². The third-order valence-corrected chi connectivity index (χ3v) is 2.86. The standard InChI is InChI=1S/C11H14N2O3S/c1-17-9-4-2-3-8(5-9)13(7-11(15)16)10(14)6-12/h2-5H,6-7,12H2,1H3,(H,15,16). The van der Waals surface area contributed by atoms with Crippen LogP contribution in [0.4, 0.5) is 5.69 Å². The molecule has 0 aliphatic carbocycles. The first-order chi connectivity index (χ1) is 8.08. The van der Waals surface area contributed by atoms with Gasteiger partial charge < -0.3 is 15.7 Å². The summed E-state index contributed by atoms with van der Waals surface area (Å²) in [5.74, 6) is -1.48. The highest BCUT2D eigenvalue weighted by atomic mass is 32.2. The molecule has 0 saturated carbocycles. The molecule has 0 aliphatic rings. The first-order valence-corrected chi connectivity index (χ1v) is 6.17. The van der Waals surface area contributed by atoms with Gasteiger partial charge in [0.15, 0.2) is 0 Å². The summed E-state index contributed by atoms with van der Waals surface area (Å²) in [6.07, 6.45) is 1.91. The van der Waals surface area contributed by atoms with Gasteiger partial charge in [0.2, 0.25) is 5.91 Å². The summed E-state index contributed by atoms with van der Waals surface area (Å²) in [6, 6.07) is 7.12. The molecule has 17 heavy (non-hydrogen) atoms. The molecule has 3 N–H and O–H groups in total. The lowest BCUT2D eigenvalue weighted by atomic mass is 10.2. The highest BCUT2D eigenvalue weighted by molar-refractivity contribution is 7.98. The van der Waals surface area contributed by atoms with E-state index >= 15 is 0 Å².